The molecular weight excluding hydrogens is 398 g/mol. The number of nitrogens with one attached hydrogen (secondary N) is 2. The van der Waals surface area contributed by atoms with Gasteiger partial charge in [0.1, 0.15) is 5.75 Å². The Balaban J connectivity index is 1.88. The number of methoxy groups -OCH3 is 1. The highest BCUT2D eigenvalue weighted by atomic mass is 35.5. The highest BCUT2D eigenvalue weighted by molar-refractivity contribution is 7.88. The third-order valence-electron chi connectivity index (χ3n) is 4.70. The monoisotopic (exact) mass is 417 g/mol. The van der Waals surface area contributed by atoms with Gasteiger partial charge in [0.15, 0.2) is 5.60 Å². The van der Waals surface area contributed by atoms with E-state index in [9.17, 15) is 18.0 Å². The minimum Gasteiger partial charge on any atom is -0.495 e. The largest absolute Gasteiger partial charge is 0.495 e. The average molecular weight is 418 g/mol. The number of hydrogen-bond donors (Lipinski definition) is 2. The molecule has 0 aromatic heterocycles. The van der Waals surface area contributed by atoms with Gasteiger partial charge < -0.3 is 20.1 Å². The van der Waals surface area contributed by atoms with Crippen molar-refractivity contribution < 1.29 is 27.5 Å². The van der Waals surface area contributed by atoms with Crippen LogP contribution in [0.3, 0.4) is 0 Å². The number of halogens is 1. The maximum atomic E-state index is 12.9. The van der Waals surface area contributed by atoms with Crippen LogP contribution in [-0.2, 0) is 24.3 Å². The number of rotatable bonds is 4. The molecular formula is C16H20ClN3O6S. The van der Waals surface area contributed by atoms with Crippen LogP contribution in [0.2, 0.25) is 5.02 Å². The summed E-state index contributed by atoms with van der Waals surface area (Å²) in [7, 11) is -2.13. The maximum absolute atomic E-state index is 12.9. The van der Waals surface area contributed by atoms with Gasteiger partial charge in [-0.1, -0.05) is 11.6 Å². The van der Waals surface area contributed by atoms with E-state index >= 15 is 0 Å². The fourth-order valence-corrected chi connectivity index (χ4v) is 4.40. The van der Waals surface area contributed by atoms with Crippen LogP contribution in [0.15, 0.2) is 18.2 Å². The Kier molecular flexibility index (Phi) is 5.35. The van der Waals surface area contributed by atoms with Crippen LogP contribution in [0.5, 0.6) is 5.75 Å². The molecule has 2 amide bonds. The number of sulfonamides is 1. The van der Waals surface area contributed by atoms with E-state index in [-0.39, 0.29) is 19.7 Å². The molecule has 3 rings (SSSR count). The Labute approximate surface area is 162 Å². The molecule has 27 heavy (non-hydrogen) atoms. The fourth-order valence-electron chi connectivity index (χ4n) is 3.30. The van der Waals surface area contributed by atoms with Crippen molar-refractivity contribution in [1.82, 2.24) is 9.62 Å². The van der Waals surface area contributed by atoms with Crippen molar-refractivity contribution in [3.05, 3.63) is 23.2 Å². The number of ether oxygens (including phenoxy) is 2. The molecule has 1 spiro atoms. The number of hydrogen-bond acceptors (Lipinski definition) is 6. The quantitative estimate of drug-likeness (QED) is 0.716. The summed E-state index contributed by atoms with van der Waals surface area (Å²) in [5.41, 5.74) is -1.16. The first kappa shape index (κ1) is 19.9. The van der Waals surface area contributed by atoms with E-state index in [2.05, 4.69) is 10.6 Å². The molecule has 148 valence electrons. The van der Waals surface area contributed by atoms with Crippen molar-refractivity contribution in [3.63, 3.8) is 0 Å². The summed E-state index contributed by atoms with van der Waals surface area (Å²) >= 11 is 6.07. The summed E-state index contributed by atoms with van der Waals surface area (Å²) < 4.78 is 35.8. The van der Waals surface area contributed by atoms with Crippen LogP contribution in [0.1, 0.15) is 0 Å². The van der Waals surface area contributed by atoms with Gasteiger partial charge in [0.25, 0.3) is 5.91 Å². The van der Waals surface area contributed by atoms with Gasteiger partial charge >= 0.3 is 0 Å². The number of nitrogens with zero attached hydrogens (tertiary/aromatic N) is 1. The number of anilines is 1. The van der Waals surface area contributed by atoms with Gasteiger partial charge in [0, 0.05) is 18.8 Å². The standard InChI is InChI=1S/C16H20ClN3O6S/c1-25-13-4-3-10(7-12(13)17)19-14(21)11-8-20(27(2,23)24)9-16(11)15(22)18-5-6-26-16/h3-4,7,11H,5-6,8-9H2,1-2H3,(H,18,22)(H,19,21)/t11-,16-/m1/s1. The van der Waals surface area contributed by atoms with Crippen LogP contribution in [0.25, 0.3) is 0 Å². The minimum absolute atomic E-state index is 0.151. The van der Waals surface area contributed by atoms with Crippen LogP contribution < -0.4 is 15.4 Å². The number of benzene rings is 1. The first-order valence-electron chi connectivity index (χ1n) is 8.19. The lowest BCUT2D eigenvalue weighted by atomic mass is 9.87. The molecule has 2 fully saturated rings. The minimum atomic E-state index is -3.60. The third kappa shape index (κ3) is 3.75. The van der Waals surface area contributed by atoms with E-state index in [4.69, 9.17) is 21.1 Å². The fraction of sp³-hybridized carbons (Fsp3) is 0.500. The predicted octanol–water partition coefficient (Wildman–Crippen LogP) is 0.0637. The summed E-state index contributed by atoms with van der Waals surface area (Å²) in [6, 6.07) is 4.70. The highest BCUT2D eigenvalue weighted by Crippen LogP contribution is 2.36. The smallest absolute Gasteiger partial charge is 0.254 e. The van der Waals surface area contributed by atoms with Crippen molar-refractivity contribution in [3.8, 4) is 5.75 Å². The zero-order chi connectivity index (χ0) is 19.8. The number of amides is 2. The molecule has 1 aromatic carbocycles. The second-order valence-electron chi connectivity index (χ2n) is 6.44. The predicted molar refractivity (Wildman–Crippen MR) is 98.2 cm³/mol. The molecule has 2 N–H and O–H groups in total. The Morgan fingerprint density at radius 1 is 1.48 bits per heavy atom. The topological polar surface area (TPSA) is 114 Å². The molecule has 0 aliphatic carbocycles. The summed E-state index contributed by atoms with van der Waals surface area (Å²) in [6.07, 6.45) is 1.03. The molecule has 1 aromatic rings. The molecule has 0 unspecified atom stereocenters. The first-order chi connectivity index (χ1) is 12.7. The molecule has 2 aliphatic heterocycles. The lowest BCUT2D eigenvalue weighted by molar-refractivity contribution is -0.161. The van der Waals surface area contributed by atoms with Gasteiger partial charge in [-0.2, -0.15) is 4.31 Å². The lowest BCUT2D eigenvalue weighted by Crippen LogP contribution is -2.61. The van der Waals surface area contributed by atoms with E-state index in [1.807, 2.05) is 0 Å². The van der Waals surface area contributed by atoms with Crippen LogP contribution in [0.4, 0.5) is 5.69 Å². The molecule has 2 saturated heterocycles. The van der Waals surface area contributed by atoms with E-state index in [1.54, 1.807) is 12.1 Å². The number of morpholine rings is 1. The Morgan fingerprint density at radius 3 is 2.81 bits per heavy atom. The lowest BCUT2D eigenvalue weighted by Gasteiger charge is -2.36. The van der Waals surface area contributed by atoms with Gasteiger partial charge in [-0.25, -0.2) is 8.42 Å². The van der Waals surface area contributed by atoms with Crippen LogP contribution in [0, 0.1) is 5.92 Å². The van der Waals surface area contributed by atoms with Crippen molar-refractivity contribution in [2.24, 2.45) is 5.92 Å². The van der Waals surface area contributed by atoms with Crippen molar-refractivity contribution in [2.75, 3.05) is 44.9 Å². The van der Waals surface area contributed by atoms with E-state index in [0.29, 0.717) is 23.0 Å². The SMILES string of the molecule is COc1ccc(NC(=O)[C@H]2CN(S(C)(=O)=O)C[C@@]23OCCNC3=O)cc1Cl. The third-order valence-corrected chi connectivity index (χ3v) is 6.21. The summed E-state index contributed by atoms with van der Waals surface area (Å²) in [5, 5.41) is 5.64. The van der Waals surface area contributed by atoms with Gasteiger partial charge in [-0.05, 0) is 18.2 Å². The van der Waals surface area contributed by atoms with E-state index in [1.165, 1.54) is 13.2 Å². The van der Waals surface area contributed by atoms with Gasteiger partial charge in [-0.15, -0.1) is 0 Å². The number of carbonyl (C=O) groups is 2. The van der Waals surface area contributed by atoms with Gasteiger partial charge in [0.05, 0.1) is 37.5 Å². The molecule has 0 saturated carbocycles. The van der Waals surface area contributed by atoms with Crippen molar-refractivity contribution in [2.45, 2.75) is 5.60 Å². The molecule has 0 bridgehead atoms. The Bertz CT molecular complexity index is 877. The average Bonchev–Trinajstić information content (AvgIpc) is 2.99. The zero-order valence-corrected chi connectivity index (χ0v) is 16.4. The summed E-state index contributed by atoms with van der Waals surface area (Å²) in [5.74, 6) is -1.58. The molecule has 11 heteroatoms. The molecule has 2 atom stereocenters. The summed E-state index contributed by atoms with van der Waals surface area (Å²) in [4.78, 5) is 25.4. The molecule has 2 aliphatic rings. The van der Waals surface area contributed by atoms with Gasteiger partial charge in [-0.3, -0.25) is 9.59 Å². The summed E-state index contributed by atoms with van der Waals surface area (Å²) in [6.45, 7) is 0.143. The first-order valence-corrected chi connectivity index (χ1v) is 10.4. The normalized spacial score (nSPS) is 26.0. The van der Waals surface area contributed by atoms with Crippen molar-refractivity contribution in [1.29, 1.82) is 0 Å². The van der Waals surface area contributed by atoms with Gasteiger partial charge in [0.2, 0.25) is 15.9 Å². The maximum Gasteiger partial charge on any atom is 0.254 e. The highest BCUT2D eigenvalue weighted by Gasteiger charge is 2.59. The molecule has 0 radical (unpaired) electrons. The van der Waals surface area contributed by atoms with Crippen LogP contribution >= 0.6 is 11.6 Å². The number of carbonyl (C=O) groups excluding carboxylic acids is 2. The van der Waals surface area contributed by atoms with Crippen LogP contribution in [-0.4, -0.2) is 69.7 Å². The Hall–Kier alpha value is -1.88. The van der Waals surface area contributed by atoms with E-state index in [0.717, 1.165) is 10.6 Å². The Morgan fingerprint density at radius 2 is 2.22 bits per heavy atom. The second-order valence-corrected chi connectivity index (χ2v) is 8.83. The van der Waals surface area contributed by atoms with E-state index < -0.39 is 33.4 Å². The second kappa shape index (κ2) is 7.27. The molecule has 9 nitrogen and oxygen atoms in total. The zero-order valence-electron chi connectivity index (χ0n) is 14.8. The van der Waals surface area contributed by atoms with Crippen molar-refractivity contribution >= 4 is 39.1 Å². The molecule has 2 heterocycles.